The van der Waals surface area contributed by atoms with E-state index in [9.17, 15) is 18.5 Å². The molecule has 0 fully saturated rings. The highest BCUT2D eigenvalue weighted by molar-refractivity contribution is 7.89. The number of non-ortho nitro benzene ring substituents is 1. The highest BCUT2D eigenvalue weighted by Crippen LogP contribution is 2.16. The molecular formula is C15H24N4O4S2. The van der Waals surface area contributed by atoms with Gasteiger partial charge in [0.15, 0.2) is 5.11 Å². The molecule has 25 heavy (non-hydrogen) atoms. The second-order valence-electron chi connectivity index (χ2n) is 5.61. The number of nitrogens with zero attached hydrogens (tertiary/aromatic N) is 1. The Bertz CT molecular complexity index is 695. The van der Waals surface area contributed by atoms with Crippen LogP contribution in [0, 0.1) is 16.0 Å². The second-order valence-corrected chi connectivity index (χ2v) is 7.70. The van der Waals surface area contributed by atoms with Gasteiger partial charge in [0.2, 0.25) is 0 Å². The minimum atomic E-state index is -3.96. The number of nitro benzene ring substituents is 1. The van der Waals surface area contributed by atoms with Crippen molar-refractivity contribution in [2.75, 3.05) is 6.54 Å². The minimum Gasteiger partial charge on any atom is -0.361 e. The number of nitro groups is 1. The molecule has 3 N–H and O–H groups in total. The van der Waals surface area contributed by atoms with Crippen molar-refractivity contribution in [3.05, 3.63) is 34.4 Å². The molecule has 10 heteroatoms. The van der Waals surface area contributed by atoms with E-state index < -0.39 is 14.9 Å². The second kappa shape index (κ2) is 10.3. The summed E-state index contributed by atoms with van der Waals surface area (Å²) in [6, 6.07) is 4.78. The van der Waals surface area contributed by atoms with Crippen LogP contribution in [0.5, 0.6) is 0 Å². The summed E-state index contributed by atoms with van der Waals surface area (Å²) in [7, 11) is -3.96. The molecule has 0 bridgehead atoms. The zero-order valence-corrected chi connectivity index (χ0v) is 16.0. The SMILES string of the molecule is CCCC[C@@H](CC)CNC(=S)NNS(=O)(=O)c1cccc([N+](=O)[O-])c1. The monoisotopic (exact) mass is 388 g/mol. The molecule has 0 unspecified atom stereocenters. The standard InChI is InChI=1S/C15H24N4O4S2/c1-3-5-7-12(4-2)11-16-15(24)17-18-25(22,23)14-9-6-8-13(10-14)19(20)21/h6,8-10,12,18H,3-5,7,11H2,1-2H3,(H2,16,17,24)/t12-/m1/s1. The van der Waals surface area contributed by atoms with Gasteiger partial charge in [0.25, 0.3) is 15.7 Å². The summed E-state index contributed by atoms with van der Waals surface area (Å²) in [5, 5.41) is 13.9. The lowest BCUT2D eigenvalue weighted by Gasteiger charge is -2.17. The van der Waals surface area contributed by atoms with E-state index in [-0.39, 0.29) is 15.7 Å². The fraction of sp³-hybridized carbons (Fsp3) is 0.533. The van der Waals surface area contributed by atoms with Gasteiger partial charge >= 0.3 is 0 Å². The number of sulfonamides is 1. The summed E-state index contributed by atoms with van der Waals surface area (Å²) in [6.07, 6.45) is 4.36. The van der Waals surface area contributed by atoms with Gasteiger partial charge in [-0.1, -0.05) is 39.2 Å². The fourth-order valence-corrected chi connectivity index (χ4v) is 3.25. The quantitative estimate of drug-likeness (QED) is 0.320. The average molecular weight is 389 g/mol. The van der Waals surface area contributed by atoms with Gasteiger partial charge in [0.1, 0.15) is 0 Å². The lowest BCUT2D eigenvalue weighted by Crippen LogP contribution is -2.47. The Kier molecular flexibility index (Phi) is 8.73. The van der Waals surface area contributed by atoms with Crippen molar-refractivity contribution in [3.63, 3.8) is 0 Å². The molecule has 8 nitrogen and oxygen atoms in total. The number of hydrazine groups is 1. The third kappa shape index (κ3) is 7.32. The molecular weight excluding hydrogens is 364 g/mol. The summed E-state index contributed by atoms with van der Waals surface area (Å²) in [4.78, 5) is 12.0. The van der Waals surface area contributed by atoms with Crippen molar-refractivity contribution in [1.29, 1.82) is 0 Å². The molecule has 1 rings (SSSR count). The van der Waals surface area contributed by atoms with Crippen LogP contribution in [-0.4, -0.2) is 25.0 Å². The topological polar surface area (TPSA) is 113 Å². The first kappa shape index (κ1) is 21.3. The van der Waals surface area contributed by atoms with E-state index in [0.29, 0.717) is 12.5 Å². The molecule has 0 aliphatic rings. The van der Waals surface area contributed by atoms with Crippen LogP contribution in [0.15, 0.2) is 29.2 Å². The predicted octanol–water partition coefficient (Wildman–Crippen LogP) is 2.47. The van der Waals surface area contributed by atoms with E-state index in [1.807, 2.05) is 0 Å². The van der Waals surface area contributed by atoms with Crippen LogP contribution >= 0.6 is 12.2 Å². The Morgan fingerprint density at radius 2 is 2.08 bits per heavy atom. The molecule has 0 aliphatic carbocycles. The molecule has 0 aliphatic heterocycles. The van der Waals surface area contributed by atoms with Gasteiger partial charge in [0, 0.05) is 18.7 Å². The largest absolute Gasteiger partial charge is 0.361 e. The van der Waals surface area contributed by atoms with Gasteiger partial charge in [-0.25, -0.2) is 8.42 Å². The van der Waals surface area contributed by atoms with E-state index in [1.54, 1.807) is 0 Å². The van der Waals surface area contributed by atoms with E-state index >= 15 is 0 Å². The Morgan fingerprint density at radius 3 is 2.68 bits per heavy atom. The molecule has 0 amide bonds. The van der Waals surface area contributed by atoms with Crippen molar-refractivity contribution in [1.82, 2.24) is 15.6 Å². The van der Waals surface area contributed by atoms with Crippen LogP contribution in [0.4, 0.5) is 5.69 Å². The maximum absolute atomic E-state index is 12.2. The Hall–Kier alpha value is -1.78. The Balaban J connectivity index is 2.56. The van der Waals surface area contributed by atoms with Gasteiger partial charge in [-0.05, 0) is 30.6 Å². The first-order valence-corrected chi connectivity index (χ1v) is 9.99. The van der Waals surface area contributed by atoms with Crippen molar-refractivity contribution in [3.8, 4) is 0 Å². The minimum absolute atomic E-state index is 0.156. The fourth-order valence-electron chi connectivity index (χ4n) is 2.16. The molecule has 0 radical (unpaired) electrons. The van der Waals surface area contributed by atoms with Gasteiger partial charge in [-0.15, -0.1) is 4.83 Å². The van der Waals surface area contributed by atoms with Gasteiger partial charge < -0.3 is 5.32 Å². The highest BCUT2D eigenvalue weighted by atomic mass is 32.2. The Labute approximate surface area is 153 Å². The lowest BCUT2D eigenvalue weighted by molar-refractivity contribution is -0.385. The summed E-state index contributed by atoms with van der Waals surface area (Å²) >= 11 is 5.06. The predicted molar refractivity (Wildman–Crippen MR) is 100 cm³/mol. The maximum Gasteiger partial charge on any atom is 0.270 e. The summed E-state index contributed by atoms with van der Waals surface area (Å²) in [6.45, 7) is 4.89. The van der Waals surface area contributed by atoms with Gasteiger partial charge in [-0.2, -0.15) is 0 Å². The van der Waals surface area contributed by atoms with E-state index in [2.05, 4.69) is 29.4 Å². The number of unbranched alkanes of at least 4 members (excludes halogenated alkanes) is 1. The van der Waals surface area contributed by atoms with E-state index in [1.165, 1.54) is 18.2 Å². The maximum atomic E-state index is 12.2. The number of nitrogens with one attached hydrogen (secondary N) is 3. The normalized spacial score (nSPS) is 12.4. The molecule has 1 aromatic carbocycles. The van der Waals surface area contributed by atoms with Gasteiger partial charge in [0.05, 0.1) is 9.82 Å². The van der Waals surface area contributed by atoms with Crippen LogP contribution in [0.2, 0.25) is 0 Å². The van der Waals surface area contributed by atoms with Crippen LogP contribution in [-0.2, 0) is 10.0 Å². The third-order valence-electron chi connectivity index (χ3n) is 3.73. The van der Waals surface area contributed by atoms with Crippen molar-refractivity contribution in [2.24, 2.45) is 5.92 Å². The van der Waals surface area contributed by atoms with E-state index in [0.717, 1.165) is 31.7 Å². The van der Waals surface area contributed by atoms with Crippen LogP contribution in [0.25, 0.3) is 0 Å². The zero-order valence-electron chi connectivity index (χ0n) is 14.3. The zero-order chi connectivity index (χ0) is 18.9. The lowest BCUT2D eigenvalue weighted by atomic mass is 10.00. The molecule has 0 aromatic heterocycles. The van der Waals surface area contributed by atoms with Crippen LogP contribution in [0.3, 0.4) is 0 Å². The first-order chi connectivity index (χ1) is 11.8. The number of hydrogen-bond donors (Lipinski definition) is 3. The smallest absolute Gasteiger partial charge is 0.270 e. The summed E-state index contributed by atoms with van der Waals surface area (Å²) < 4.78 is 24.3. The summed E-state index contributed by atoms with van der Waals surface area (Å²) in [5.74, 6) is 0.466. The number of benzene rings is 1. The molecule has 1 aromatic rings. The van der Waals surface area contributed by atoms with Gasteiger partial charge in [-0.3, -0.25) is 15.5 Å². The molecule has 0 spiro atoms. The molecule has 0 saturated heterocycles. The molecule has 140 valence electrons. The van der Waals surface area contributed by atoms with E-state index in [4.69, 9.17) is 12.2 Å². The molecule has 0 heterocycles. The highest BCUT2D eigenvalue weighted by Gasteiger charge is 2.17. The molecule has 0 saturated carbocycles. The average Bonchev–Trinajstić information content (AvgIpc) is 2.60. The third-order valence-corrected chi connectivity index (χ3v) is 5.22. The van der Waals surface area contributed by atoms with Crippen molar-refractivity contribution in [2.45, 2.75) is 44.4 Å². The van der Waals surface area contributed by atoms with Crippen LogP contribution in [0.1, 0.15) is 39.5 Å². The number of thiocarbonyl (C=S) groups is 1. The molecule has 1 atom stereocenters. The van der Waals surface area contributed by atoms with Crippen LogP contribution < -0.4 is 15.6 Å². The summed E-state index contributed by atoms with van der Waals surface area (Å²) in [5.41, 5.74) is 2.12. The number of hydrogen-bond acceptors (Lipinski definition) is 5. The van der Waals surface area contributed by atoms with Crippen molar-refractivity contribution >= 4 is 33.0 Å². The Morgan fingerprint density at radius 1 is 1.36 bits per heavy atom. The van der Waals surface area contributed by atoms with Crippen molar-refractivity contribution < 1.29 is 13.3 Å². The number of rotatable bonds is 10. The first-order valence-electron chi connectivity index (χ1n) is 8.10.